The van der Waals surface area contributed by atoms with Gasteiger partial charge in [0.05, 0.1) is 13.2 Å². The number of hydrogen-bond acceptors (Lipinski definition) is 5. The second kappa shape index (κ2) is 18.7. The molecule has 0 bridgehead atoms. The minimum atomic E-state index is -2.81. The standard InChI is InChI=1S/C52H68N2O5Si/c1-49(2,3)53(36-38-59-60(50(4,5)6,43-23-10-8-11-24-43)44-25-12-9-13-26-44)47(57)45-27-16-14-21-40(45)29-30-42(56)39-41-22-15-17-28-46(41)48(58)54(35-37-55)52-33-19-18-31-51(52,7)32-20-34-52/h8-17,21-28,55H,18-20,29-39H2,1-7H3/t51-,52-/m0/s1. The van der Waals surface area contributed by atoms with E-state index in [0.29, 0.717) is 42.8 Å². The molecule has 8 heteroatoms. The van der Waals surface area contributed by atoms with E-state index in [2.05, 4.69) is 97.0 Å². The number of Topliss-reactive ketones (excluding diaryl/α,β-unsaturated/α-hetero) is 1. The van der Waals surface area contributed by atoms with Crippen LogP contribution < -0.4 is 10.4 Å². The molecule has 0 aromatic heterocycles. The van der Waals surface area contributed by atoms with Gasteiger partial charge in [-0.1, -0.05) is 144 Å². The van der Waals surface area contributed by atoms with Crippen molar-refractivity contribution in [1.29, 1.82) is 0 Å². The van der Waals surface area contributed by atoms with Gasteiger partial charge in [-0.3, -0.25) is 14.4 Å². The molecule has 6 rings (SSSR count). The lowest BCUT2D eigenvalue weighted by Gasteiger charge is -2.54. The van der Waals surface area contributed by atoms with Crippen LogP contribution in [0.3, 0.4) is 0 Å². The van der Waals surface area contributed by atoms with Crippen LogP contribution >= 0.6 is 0 Å². The topological polar surface area (TPSA) is 87.2 Å². The van der Waals surface area contributed by atoms with Crippen molar-refractivity contribution in [2.24, 2.45) is 5.41 Å². The van der Waals surface area contributed by atoms with E-state index in [4.69, 9.17) is 4.43 Å². The lowest BCUT2D eigenvalue weighted by Crippen LogP contribution is -2.67. The molecule has 4 aromatic carbocycles. The number of benzene rings is 4. The molecule has 0 aliphatic heterocycles. The van der Waals surface area contributed by atoms with Crippen molar-refractivity contribution in [3.63, 3.8) is 0 Å². The third kappa shape index (κ3) is 9.12. The van der Waals surface area contributed by atoms with Gasteiger partial charge in [-0.2, -0.15) is 0 Å². The maximum absolute atomic E-state index is 14.6. The van der Waals surface area contributed by atoms with Gasteiger partial charge in [0, 0.05) is 48.1 Å². The quantitative estimate of drug-likeness (QED) is 0.114. The van der Waals surface area contributed by atoms with Gasteiger partial charge in [0.25, 0.3) is 20.1 Å². The first-order chi connectivity index (χ1) is 28.6. The number of carbonyl (C=O) groups excluding carboxylic acids is 3. The van der Waals surface area contributed by atoms with Gasteiger partial charge in [0.15, 0.2) is 0 Å². The largest absolute Gasteiger partial charge is 0.406 e. The number of nitrogens with zero attached hydrogens (tertiary/aromatic N) is 2. The Morgan fingerprint density at radius 3 is 1.77 bits per heavy atom. The van der Waals surface area contributed by atoms with Crippen molar-refractivity contribution in [2.75, 3.05) is 26.3 Å². The second-order valence-corrected chi connectivity index (χ2v) is 23.8. The number of aliphatic hydroxyl groups excluding tert-OH is 1. The van der Waals surface area contributed by atoms with Gasteiger partial charge in [0.1, 0.15) is 5.78 Å². The van der Waals surface area contributed by atoms with Gasteiger partial charge >= 0.3 is 0 Å². The first kappa shape index (κ1) is 45.2. The van der Waals surface area contributed by atoms with E-state index in [-0.39, 0.29) is 53.0 Å². The molecule has 2 aliphatic carbocycles. The molecule has 0 heterocycles. The molecule has 4 aromatic rings. The van der Waals surface area contributed by atoms with Crippen LogP contribution in [0.5, 0.6) is 0 Å². The molecule has 2 atom stereocenters. The second-order valence-electron chi connectivity index (χ2n) is 19.5. The Balaban J connectivity index is 1.18. The summed E-state index contributed by atoms with van der Waals surface area (Å²) in [5, 5.41) is 12.4. The van der Waals surface area contributed by atoms with E-state index in [1.165, 1.54) is 16.8 Å². The monoisotopic (exact) mass is 828 g/mol. The maximum atomic E-state index is 14.6. The van der Waals surface area contributed by atoms with Gasteiger partial charge in [-0.05, 0) is 97.0 Å². The minimum absolute atomic E-state index is 0.0131. The van der Waals surface area contributed by atoms with E-state index >= 15 is 0 Å². The lowest BCUT2D eigenvalue weighted by molar-refractivity contribution is -0.118. The third-order valence-corrected chi connectivity index (χ3v) is 18.8. The van der Waals surface area contributed by atoms with Crippen LogP contribution in [-0.4, -0.2) is 78.2 Å². The fourth-order valence-electron chi connectivity index (χ4n) is 10.7. The van der Waals surface area contributed by atoms with Crippen molar-refractivity contribution in [3.05, 3.63) is 131 Å². The highest BCUT2D eigenvalue weighted by molar-refractivity contribution is 6.99. The SMILES string of the molecule is CC(C)(C)N(CCO[Si](c1ccccc1)(c1ccccc1)C(C)(C)C)C(=O)c1ccccc1CCC(=O)Cc1ccccc1C(=O)N(CCO)[C@]12CCCC[C@@]1(C)CCC2. The number of carbonyl (C=O) groups is 3. The number of rotatable bonds is 16. The zero-order chi connectivity index (χ0) is 43.2. The molecule has 2 aliphatic rings. The fraction of sp³-hybridized carbons (Fsp3) is 0.481. The van der Waals surface area contributed by atoms with Crippen LogP contribution in [0.15, 0.2) is 109 Å². The summed E-state index contributed by atoms with van der Waals surface area (Å²) >= 11 is 0. The summed E-state index contributed by atoms with van der Waals surface area (Å²) in [5.41, 5.74) is 1.94. The van der Waals surface area contributed by atoms with Crippen LogP contribution in [0.4, 0.5) is 0 Å². The van der Waals surface area contributed by atoms with Crippen LogP contribution in [0.2, 0.25) is 5.04 Å². The number of hydrogen-bond donors (Lipinski definition) is 1. The zero-order valence-electron chi connectivity index (χ0n) is 37.3. The number of β-amino-alcohol motifs (C(OH)–C–C–N with tert-alkyl or cyclic N) is 1. The van der Waals surface area contributed by atoms with E-state index in [9.17, 15) is 19.5 Å². The summed E-state index contributed by atoms with van der Waals surface area (Å²) in [6.07, 6.45) is 8.20. The Labute approximate surface area is 360 Å². The first-order valence-electron chi connectivity index (χ1n) is 22.3. The average Bonchev–Trinajstić information content (AvgIpc) is 3.59. The Kier molecular flexibility index (Phi) is 14.1. The van der Waals surface area contributed by atoms with Crippen molar-refractivity contribution in [2.45, 2.75) is 129 Å². The zero-order valence-corrected chi connectivity index (χ0v) is 38.3. The molecule has 2 saturated carbocycles. The molecule has 2 amide bonds. The maximum Gasteiger partial charge on any atom is 0.261 e. The number of aliphatic hydroxyl groups is 1. The number of ketones is 1. The first-order valence-corrected chi connectivity index (χ1v) is 24.2. The minimum Gasteiger partial charge on any atom is -0.406 e. The summed E-state index contributed by atoms with van der Waals surface area (Å²) in [6, 6.07) is 36.2. The van der Waals surface area contributed by atoms with Gasteiger partial charge in [-0.25, -0.2) is 0 Å². The third-order valence-electron chi connectivity index (χ3n) is 13.8. The van der Waals surface area contributed by atoms with Gasteiger partial charge < -0.3 is 19.3 Å². The summed E-state index contributed by atoms with van der Waals surface area (Å²) in [7, 11) is -2.81. The number of amides is 2. The Morgan fingerprint density at radius 2 is 1.18 bits per heavy atom. The number of aryl methyl sites for hydroxylation is 1. The van der Waals surface area contributed by atoms with Crippen LogP contribution in [-0.2, 0) is 22.1 Å². The Hall–Kier alpha value is -4.37. The van der Waals surface area contributed by atoms with Gasteiger partial charge in [-0.15, -0.1) is 0 Å². The van der Waals surface area contributed by atoms with Crippen molar-refractivity contribution in [3.8, 4) is 0 Å². The Morgan fingerprint density at radius 1 is 0.667 bits per heavy atom. The molecule has 2 fully saturated rings. The predicted molar refractivity (Wildman–Crippen MR) is 246 cm³/mol. The summed E-state index contributed by atoms with van der Waals surface area (Å²) < 4.78 is 7.22. The normalized spacial score (nSPS) is 19.4. The fourth-order valence-corrected chi connectivity index (χ4v) is 15.3. The molecule has 0 unspecified atom stereocenters. The van der Waals surface area contributed by atoms with Crippen LogP contribution in [0.1, 0.15) is 132 Å². The molecular formula is C52H68N2O5Si. The summed E-state index contributed by atoms with van der Waals surface area (Å²) in [4.78, 5) is 46.9. The highest BCUT2D eigenvalue weighted by Gasteiger charge is 2.57. The molecule has 7 nitrogen and oxygen atoms in total. The molecule has 320 valence electrons. The number of fused-ring (bicyclic) bond motifs is 1. The van der Waals surface area contributed by atoms with Crippen molar-refractivity contribution >= 4 is 36.3 Å². The molecule has 0 radical (unpaired) electrons. The van der Waals surface area contributed by atoms with Crippen LogP contribution in [0.25, 0.3) is 0 Å². The molecular weight excluding hydrogens is 761 g/mol. The molecule has 0 saturated heterocycles. The summed E-state index contributed by atoms with van der Waals surface area (Å²) in [6.45, 7) is 16.2. The van der Waals surface area contributed by atoms with Crippen molar-refractivity contribution < 1.29 is 23.9 Å². The Bertz CT molecular complexity index is 2050. The van der Waals surface area contributed by atoms with Crippen LogP contribution in [0, 0.1) is 5.41 Å². The van der Waals surface area contributed by atoms with Crippen molar-refractivity contribution in [1.82, 2.24) is 9.80 Å². The van der Waals surface area contributed by atoms with Gasteiger partial charge in [0.2, 0.25) is 0 Å². The molecule has 1 N–H and O–H groups in total. The van der Waals surface area contributed by atoms with E-state index in [0.717, 1.165) is 44.1 Å². The van der Waals surface area contributed by atoms with E-state index in [1.54, 1.807) is 0 Å². The van der Waals surface area contributed by atoms with E-state index in [1.807, 2.05) is 70.5 Å². The lowest BCUT2D eigenvalue weighted by atomic mass is 9.63. The highest BCUT2D eigenvalue weighted by atomic mass is 28.4. The molecule has 0 spiro atoms. The smallest absolute Gasteiger partial charge is 0.261 e. The van der Waals surface area contributed by atoms with E-state index < -0.39 is 13.9 Å². The average molecular weight is 829 g/mol. The molecule has 60 heavy (non-hydrogen) atoms. The summed E-state index contributed by atoms with van der Waals surface area (Å²) in [5.74, 6) is -0.156. The predicted octanol–water partition coefficient (Wildman–Crippen LogP) is 9.19. The highest BCUT2D eigenvalue weighted by Crippen LogP contribution is 2.58.